The third-order valence-electron chi connectivity index (χ3n) is 3.62. The van der Waals surface area contributed by atoms with E-state index >= 15 is 0 Å². The minimum atomic E-state index is -1.21. The van der Waals surface area contributed by atoms with E-state index in [-0.39, 0.29) is 28.8 Å². The molecular formula is C14H12N6O5S2. The molecule has 13 heteroatoms. The largest absolute Gasteiger partial charge is 0.477 e. The van der Waals surface area contributed by atoms with Crippen molar-refractivity contribution in [1.82, 2.24) is 15.2 Å². The van der Waals surface area contributed by atoms with Crippen LogP contribution >= 0.6 is 23.1 Å². The fourth-order valence-electron chi connectivity index (χ4n) is 2.47. The molecule has 1 fully saturated rings. The number of thioether (sulfide) groups is 1. The van der Waals surface area contributed by atoms with Gasteiger partial charge in [0, 0.05) is 11.1 Å². The van der Waals surface area contributed by atoms with Gasteiger partial charge in [-0.3, -0.25) is 14.5 Å². The standard InChI is InChI=1S/C14H12N6O5S2/c15-2-3-25-19-8(6-5-27-14(16)17-6)10(21)18-9-11(22)20-7(13(23)24)1-4-26-12(9)20/h1,5,9,12H,3-4H2,(H2,16,17)(H,18,21)(H,23,24)/b19-8+/t9?,12-/m1/s1. The summed E-state index contributed by atoms with van der Waals surface area (Å²) >= 11 is 2.41. The van der Waals surface area contributed by atoms with Crippen molar-refractivity contribution in [3.05, 3.63) is 22.8 Å². The number of oxime groups is 1. The molecule has 2 amide bonds. The quantitative estimate of drug-likeness (QED) is 0.239. The van der Waals surface area contributed by atoms with Crippen molar-refractivity contribution in [2.75, 3.05) is 18.1 Å². The van der Waals surface area contributed by atoms with Crippen LogP contribution < -0.4 is 11.1 Å². The van der Waals surface area contributed by atoms with Crippen LogP contribution in [-0.2, 0) is 19.2 Å². The molecule has 1 unspecified atom stereocenters. The highest BCUT2D eigenvalue weighted by Gasteiger charge is 2.53. The number of carboxylic acids is 1. The Morgan fingerprint density at radius 3 is 3.00 bits per heavy atom. The predicted octanol–water partition coefficient (Wildman–Crippen LogP) is -0.662. The Kier molecular flexibility index (Phi) is 5.28. The summed E-state index contributed by atoms with van der Waals surface area (Å²) in [7, 11) is 0. The number of aliphatic carboxylic acids is 1. The van der Waals surface area contributed by atoms with E-state index in [9.17, 15) is 14.4 Å². The summed E-state index contributed by atoms with van der Waals surface area (Å²) in [5.74, 6) is -2.09. The number of hydrogen-bond donors (Lipinski definition) is 3. The van der Waals surface area contributed by atoms with Crippen LogP contribution in [0.25, 0.3) is 0 Å². The van der Waals surface area contributed by atoms with Gasteiger partial charge >= 0.3 is 5.97 Å². The number of thiazole rings is 1. The molecule has 0 bridgehead atoms. The maximum atomic E-state index is 12.6. The van der Waals surface area contributed by atoms with Gasteiger partial charge in [-0.25, -0.2) is 9.78 Å². The molecule has 1 aromatic heterocycles. The predicted molar refractivity (Wildman–Crippen MR) is 95.4 cm³/mol. The molecule has 3 heterocycles. The van der Waals surface area contributed by atoms with E-state index in [0.717, 1.165) is 16.2 Å². The monoisotopic (exact) mass is 408 g/mol. The molecule has 3 rings (SSSR count). The van der Waals surface area contributed by atoms with Gasteiger partial charge in [-0.05, 0) is 6.08 Å². The molecule has 27 heavy (non-hydrogen) atoms. The fourth-order valence-corrected chi connectivity index (χ4v) is 4.22. The maximum Gasteiger partial charge on any atom is 0.352 e. The molecule has 2 atom stereocenters. The van der Waals surface area contributed by atoms with Gasteiger partial charge in [0.05, 0.1) is 0 Å². The van der Waals surface area contributed by atoms with Gasteiger partial charge in [0.1, 0.15) is 28.9 Å². The summed E-state index contributed by atoms with van der Waals surface area (Å²) in [5.41, 5.74) is 5.36. The van der Waals surface area contributed by atoms with Crippen LogP contribution in [0.15, 0.2) is 22.3 Å². The lowest BCUT2D eigenvalue weighted by molar-refractivity contribution is -0.150. The van der Waals surface area contributed by atoms with Crippen molar-refractivity contribution in [2.24, 2.45) is 5.16 Å². The van der Waals surface area contributed by atoms with E-state index < -0.39 is 29.2 Å². The molecule has 140 valence electrons. The molecule has 0 spiro atoms. The molecule has 11 nitrogen and oxygen atoms in total. The van der Waals surface area contributed by atoms with Crippen molar-refractivity contribution in [2.45, 2.75) is 11.4 Å². The van der Waals surface area contributed by atoms with Crippen molar-refractivity contribution >= 4 is 51.7 Å². The second kappa shape index (κ2) is 7.64. The van der Waals surface area contributed by atoms with Crippen LogP contribution in [-0.4, -0.2) is 62.3 Å². The summed E-state index contributed by atoms with van der Waals surface area (Å²) in [4.78, 5) is 46.0. The number of carbonyl (C=O) groups is 3. The van der Waals surface area contributed by atoms with E-state index in [1.54, 1.807) is 6.07 Å². The van der Waals surface area contributed by atoms with E-state index in [1.165, 1.54) is 23.2 Å². The van der Waals surface area contributed by atoms with Gasteiger partial charge in [-0.1, -0.05) is 5.16 Å². The number of fused-ring (bicyclic) bond motifs is 1. The Labute approximate surface area is 160 Å². The molecule has 4 N–H and O–H groups in total. The summed E-state index contributed by atoms with van der Waals surface area (Å²) < 4.78 is 0. The Morgan fingerprint density at radius 2 is 2.37 bits per heavy atom. The van der Waals surface area contributed by atoms with Crippen molar-refractivity contribution in [3.8, 4) is 6.07 Å². The van der Waals surface area contributed by atoms with Gasteiger partial charge in [-0.2, -0.15) is 5.26 Å². The molecule has 0 radical (unpaired) electrons. The number of nitrogens with zero attached hydrogens (tertiary/aromatic N) is 4. The number of β-lactam (4-membered cyclic amide) rings is 1. The first-order chi connectivity index (χ1) is 12.9. The number of rotatable bonds is 6. The van der Waals surface area contributed by atoms with Gasteiger partial charge in [0.2, 0.25) is 6.61 Å². The third-order valence-corrected chi connectivity index (χ3v) is 5.47. The van der Waals surface area contributed by atoms with E-state index in [4.69, 9.17) is 20.9 Å². The third kappa shape index (κ3) is 3.57. The van der Waals surface area contributed by atoms with Crippen LogP contribution in [0.5, 0.6) is 0 Å². The van der Waals surface area contributed by atoms with E-state index in [0.29, 0.717) is 5.75 Å². The number of nitrogen functional groups attached to an aromatic ring is 1. The highest BCUT2D eigenvalue weighted by atomic mass is 32.2. The van der Waals surface area contributed by atoms with Crippen LogP contribution in [0.2, 0.25) is 0 Å². The average Bonchev–Trinajstić information content (AvgIpc) is 3.08. The molecule has 0 saturated carbocycles. The normalized spacial score (nSPS) is 21.4. The molecule has 2 aliphatic rings. The van der Waals surface area contributed by atoms with Crippen molar-refractivity contribution in [1.29, 1.82) is 5.26 Å². The summed E-state index contributed by atoms with van der Waals surface area (Å²) in [6, 6.07) is 0.798. The Morgan fingerprint density at radius 1 is 1.59 bits per heavy atom. The summed E-state index contributed by atoms with van der Waals surface area (Å²) in [5, 5.41) is 25.0. The van der Waals surface area contributed by atoms with Crippen molar-refractivity contribution < 1.29 is 24.3 Å². The van der Waals surface area contributed by atoms with Gasteiger partial charge in [0.15, 0.2) is 10.8 Å². The zero-order valence-electron chi connectivity index (χ0n) is 13.5. The average molecular weight is 408 g/mol. The number of nitrogens with two attached hydrogens (primary N) is 1. The molecule has 1 saturated heterocycles. The van der Waals surface area contributed by atoms with Crippen LogP contribution in [0.3, 0.4) is 0 Å². The highest BCUT2D eigenvalue weighted by Crippen LogP contribution is 2.37. The minimum absolute atomic E-state index is 0.104. The zero-order valence-corrected chi connectivity index (χ0v) is 15.1. The molecule has 0 aromatic carbocycles. The van der Waals surface area contributed by atoms with Crippen molar-refractivity contribution in [3.63, 3.8) is 0 Å². The minimum Gasteiger partial charge on any atom is -0.477 e. The number of aromatic nitrogens is 1. The lowest BCUT2D eigenvalue weighted by Crippen LogP contribution is -2.70. The number of nitrogens with one attached hydrogen (secondary N) is 1. The smallest absolute Gasteiger partial charge is 0.352 e. The number of nitriles is 1. The van der Waals surface area contributed by atoms with Gasteiger partial charge < -0.3 is 21.0 Å². The molecule has 1 aromatic rings. The first kappa shape index (κ1) is 18.7. The second-order valence-corrected chi connectivity index (χ2v) is 7.26. The molecule has 0 aliphatic carbocycles. The number of hydrogen-bond acceptors (Lipinski definition) is 10. The van der Waals surface area contributed by atoms with Crippen LogP contribution in [0, 0.1) is 11.3 Å². The van der Waals surface area contributed by atoms with Gasteiger partial charge in [-0.15, -0.1) is 23.1 Å². The van der Waals surface area contributed by atoms with Crippen LogP contribution in [0.1, 0.15) is 5.69 Å². The summed E-state index contributed by atoms with van der Waals surface area (Å²) in [6.07, 6.45) is 1.44. The molecule has 2 aliphatic heterocycles. The molecular weight excluding hydrogens is 396 g/mol. The number of amides is 2. The fraction of sp³-hybridized carbons (Fsp3) is 0.286. The Bertz CT molecular complexity index is 904. The zero-order chi connectivity index (χ0) is 19.6. The maximum absolute atomic E-state index is 12.6. The second-order valence-electron chi connectivity index (χ2n) is 5.22. The first-order valence-electron chi connectivity index (χ1n) is 7.41. The Hall–Kier alpha value is -3.11. The highest BCUT2D eigenvalue weighted by molar-refractivity contribution is 8.00. The first-order valence-corrected chi connectivity index (χ1v) is 9.34. The Balaban J connectivity index is 1.76. The van der Waals surface area contributed by atoms with Crippen LogP contribution in [0.4, 0.5) is 5.13 Å². The summed E-state index contributed by atoms with van der Waals surface area (Å²) in [6.45, 7) is -0.377. The number of carboxylic acid groups (broad SMARTS) is 1. The lowest BCUT2D eigenvalue weighted by atomic mass is 10.0. The van der Waals surface area contributed by atoms with Gasteiger partial charge in [0.25, 0.3) is 11.8 Å². The lowest BCUT2D eigenvalue weighted by Gasteiger charge is -2.48. The topological polar surface area (TPSA) is 171 Å². The SMILES string of the molecule is N#CCO/N=C(/C(=O)NC1C(=O)N2C(C(=O)O)=CCS[C@H]12)c1csc(N)n1. The number of anilines is 1. The van der Waals surface area contributed by atoms with E-state index in [1.807, 2.05) is 0 Å². The van der Waals surface area contributed by atoms with E-state index in [2.05, 4.69) is 15.5 Å². The number of carbonyl (C=O) groups excluding carboxylic acids is 2.